The molecule has 1 N–H and O–H groups in total. The van der Waals surface area contributed by atoms with Crippen LogP contribution in [0.15, 0.2) is 24.3 Å². The summed E-state index contributed by atoms with van der Waals surface area (Å²) in [5, 5.41) is 9.78. The summed E-state index contributed by atoms with van der Waals surface area (Å²) in [5.41, 5.74) is 0.696. The topological polar surface area (TPSA) is 57.6 Å². The van der Waals surface area contributed by atoms with Gasteiger partial charge in [0, 0.05) is 22.2 Å². The molecule has 20 heavy (non-hydrogen) atoms. The van der Waals surface area contributed by atoms with E-state index in [-0.39, 0.29) is 18.5 Å². The lowest BCUT2D eigenvalue weighted by Crippen LogP contribution is -2.36. The minimum atomic E-state index is -1.01. The molecule has 1 aromatic rings. The van der Waals surface area contributed by atoms with Gasteiger partial charge >= 0.3 is 5.97 Å². The first-order valence-corrected chi connectivity index (χ1v) is 6.88. The molecule has 0 radical (unpaired) electrons. The van der Waals surface area contributed by atoms with Gasteiger partial charge in [0.05, 0.1) is 0 Å². The van der Waals surface area contributed by atoms with Crippen molar-refractivity contribution in [3.05, 3.63) is 39.9 Å². The van der Waals surface area contributed by atoms with Crippen LogP contribution in [0.25, 0.3) is 6.08 Å². The highest BCUT2D eigenvalue weighted by molar-refractivity contribution is 6.34. The summed E-state index contributed by atoms with van der Waals surface area (Å²) < 4.78 is 0. The van der Waals surface area contributed by atoms with Gasteiger partial charge in [0.2, 0.25) is 5.91 Å². The zero-order valence-corrected chi connectivity index (χ0v) is 12.1. The number of benzene rings is 1. The Morgan fingerprint density at radius 2 is 1.85 bits per heavy atom. The smallest absolute Gasteiger partial charge is 0.323 e. The lowest BCUT2D eigenvalue weighted by molar-refractivity contribution is -0.143. The van der Waals surface area contributed by atoms with Crippen LogP contribution >= 0.6 is 23.2 Å². The van der Waals surface area contributed by atoms with E-state index < -0.39 is 5.97 Å². The first-order valence-electron chi connectivity index (χ1n) is 6.12. The first-order chi connectivity index (χ1) is 9.45. The number of carbonyl (C=O) groups excluding carboxylic acids is 1. The van der Waals surface area contributed by atoms with Crippen LogP contribution in [0.1, 0.15) is 18.4 Å². The Labute approximate surface area is 126 Å². The molecular formula is C14H13Cl2NO3. The minimum absolute atomic E-state index is 0.0474. The van der Waals surface area contributed by atoms with E-state index >= 15 is 0 Å². The molecule has 1 saturated carbocycles. The van der Waals surface area contributed by atoms with Crippen LogP contribution in [-0.2, 0) is 9.59 Å². The molecule has 0 atom stereocenters. The average molecular weight is 314 g/mol. The Bertz CT molecular complexity index is 547. The van der Waals surface area contributed by atoms with E-state index in [4.69, 9.17) is 28.3 Å². The number of amides is 1. The van der Waals surface area contributed by atoms with Gasteiger partial charge in [0.25, 0.3) is 0 Å². The number of halogens is 2. The van der Waals surface area contributed by atoms with E-state index in [0.717, 1.165) is 12.8 Å². The number of nitrogens with zero attached hydrogens (tertiary/aromatic N) is 1. The molecule has 0 saturated heterocycles. The molecule has 1 aliphatic rings. The van der Waals surface area contributed by atoms with Crippen LogP contribution in [0, 0.1) is 0 Å². The largest absolute Gasteiger partial charge is 0.480 e. The number of carbonyl (C=O) groups is 2. The van der Waals surface area contributed by atoms with Crippen molar-refractivity contribution < 1.29 is 14.7 Å². The lowest BCUT2D eigenvalue weighted by atomic mass is 10.2. The van der Waals surface area contributed by atoms with Crippen molar-refractivity contribution in [2.24, 2.45) is 0 Å². The summed E-state index contributed by atoms with van der Waals surface area (Å²) in [6.07, 6.45) is 4.65. The first kappa shape index (κ1) is 14.9. The zero-order valence-electron chi connectivity index (χ0n) is 10.6. The third kappa shape index (κ3) is 4.25. The highest BCUT2D eigenvalue weighted by Gasteiger charge is 2.32. The molecule has 106 valence electrons. The van der Waals surface area contributed by atoms with Gasteiger partial charge in [-0.2, -0.15) is 0 Å². The van der Waals surface area contributed by atoms with Crippen LogP contribution in [-0.4, -0.2) is 34.5 Å². The van der Waals surface area contributed by atoms with Crippen LogP contribution in [0.4, 0.5) is 0 Å². The maximum Gasteiger partial charge on any atom is 0.323 e. The van der Waals surface area contributed by atoms with E-state index in [9.17, 15) is 9.59 Å². The number of carboxylic acids is 1. The fourth-order valence-corrected chi connectivity index (χ4v) is 2.40. The molecule has 1 aliphatic carbocycles. The molecule has 6 heteroatoms. The normalized spacial score (nSPS) is 14.5. The zero-order chi connectivity index (χ0) is 14.7. The summed E-state index contributed by atoms with van der Waals surface area (Å²) in [4.78, 5) is 24.1. The molecule has 0 heterocycles. The van der Waals surface area contributed by atoms with E-state index in [1.165, 1.54) is 11.0 Å². The molecule has 0 unspecified atom stereocenters. The van der Waals surface area contributed by atoms with Gasteiger partial charge in [-0.25, -0.2) is 0 Å². The van der Waals surface area contributed by atoms with Gasteiger partial charge in [0.15, 0.2) is 0 Å². The van der Waals surface area contributed by atoms with E-state index in [2.05, 4.69) is 0 Å². The van der Waals surface area contributed by atoms with Gasteiger partial charge in [0.1, 0.15) is 6.54 Å². The summed E-state index contributed by atoms with van der Waals surface area (Å²) in [7, 11) is 0. The lowest BCUT2D eigenvalue weighted by Gasteiger charge is -2.17. The van der Waals surface area contributed by atoms with Crippen molar-refractivity contribution in [1.29, 1.82) is 0 Å². The quantitative estimate of drug-likeness (QED) is 0.850. The van der Waals surface area contributed by atoms with Crippen molar-refractivity contribution >= 4 is 41.2 Å². The Balaban J connectivity index is 2.08. The molecule has 4 nitrogen and oxygen atoms in total. The standard InChI is InChI=1S/C14H13Cl2NO3/c15-10-5-9(6-11(16)7-10)1-4-13(18)17(8-14(19)20)12-2-3-12/h1,4-7,12H,2-3,8H2,(H,19,20). The van der Waals surface area contributed by atoms with Crippen molar-refractivity contribution in [3.8, 4) is 0 Å². The SMILES string of the molecule is O=C(O)CN(C(=O)C=Cc1cc(Cl)cc(Cl)c1)C1CC1. The number of hydrogen-bond donors (Lipinski definition) is 1. The van der Waals surface area contributed by atoms with Crippen molar-refractivity contribution in [3.63, 3.8) is 0 Å². The highest BCUT2D eigenvalue weighted by atomic mass is 35.5. The molecule has 0 aliphatic heterocycles. The van der Waals surface area contributed by atoms with Crippen LogP contribution in [0.3, 0.4) is 0 Å². The van der Waals surface area contributed by atoms with Crippen LogP contribution < -0.4 is 0 Å². The van der Waals surface area contributed by atoms with Crippen molar-refractivity contribution in [2.45, 2.75) is 18.9 Å². The molecule has 1 aromatic carbocycles. The van der Waals surface area contributed by atoms with Crippen molar-refractivity contribution in [1.82, 2.24) is 4.90 Å². The summed E-state index contributed by atoms with van der Waals surface area (Å²) in [6, 6.07) is 5.00. The molecular weight excluding hydrogens is 301 g/mol. The van der Waals surface area contributed by atoms with Gasteiger partial charge in [-0.3, -0.25) is 9.59 Å². The predicted octanol–water partition coefficient (Wildman–Crippen LogP) is 3.08. The third-order valence-corrected chi connectivity index (χ3v) is 3.32. The van der Waals surface area contributed by atoms with E-state index in [0.29, 0.717) is 15.6 Å². The number of rotatable bonds is 5. The Morgan fingerprint density at radius 3 is 2.35 bits per heavy atom. The third-order valence-electron chi connectivity index (χ3n) is 2.88. The maximum absolute atomic E-state index is 12.0. The van der Waals surface area contributed by atoms with Crippen LogP contribution in [0.2, 0.25) is 10.0 Å². The molecule has 2 rings (SSSR count). The molecule has 0 aromatic heterocycles. The van der Waals surface area contributed by atoms with Gasteiger partial charge in [-0.05, 0) is 42.7 Å². The summed E-state index contributed by atoms with van der Waals surface area (Å²) >= 11 is 11.7. The Hall–Kier alpha value is -1.52. The van der Waals surface area contributed by atoms with Crippen LogP contribution in [0.5, 0.6) is 0 Å². The highest BCUT2D eigenvalue weighted by Crippen LogP contribution is 2.27. The number of aliphatic carboxylic acids is 1. The molecule has 0 spiro atoms. The predicted molar refractivity (Wildman–Crippen MR) is 77.9 cm³/mol. The average Bonchev–Trinajstić information content (AvgIpc) is 3.15. The Kier molecular flexibility index (Phi) is 4.68. The fraction of sp³-hybridized carbons (Fsp3) is 0.286. The fourth-order valence-electron chi connectivity index (χ4n) is 1.85. The molecule has 0 bridgehead atoms. The summed E-state index contributed by atoms with van der Waals surface area (Å²) in [5.74, 6) is -1.32. The minimum Gasteiger partial charge on any atom is -0.480 e. The second-order valence-corrected chi connectivity index (χ2v) is 5.50. The second-order valence-electron chi connectivity index (χ2n) is 4.63. The Morgan fingerprint density at radius 1 is 1.25 bits per heavy atom. The maximum atomic E-state index is 12.0. The van der Waals surface area contributed by atoms with Gasteiger partial charge in [-0.1, -0.05) is 23.2 Å². The molecule has 1 amide bonds. The van der Waals surface area contributed by atoms with Gasteiger partial charge in [-0.15, -0.1) is 0 Å². The number of carboxylic acid groups (broad SMARTS) is 1. The van der Waals surface area contributed by atoms with E-state index in [1.54, 1.807) is 24.3 Å². The summed E-state index contributed by atoms with van der Waals surface area (Å²) in [6.45, 7) is -0.274. The van der Waals surface area contributed by atoms with Crippen molar-refractivity contribution in [2.75, 3.05) is 6.54 Å². The monoisotopic (exact) mass is 313 g/mol. The van der Waals surface area contributed by atoms with E-state index in [1.807, 2.05) is 0 Å². The molecule has 1 fully saturated rings. The number of hydrogen-bond acceptors (Lipinski definition) is 2. The second kappa shape index (κ2) is 6.29. The van der Waals surface area contributed by atoms with Gasteiger partial charge < -0.3 is 10.0 Å².